The summed E-state index contributed by atoms with van der Waals surface area (Å²) in [4.78, 5) is 30.8. The number of hydrogen-bond acceptors (Lipinski definition) is 7. The van der Waals surface area contributed by atoms with E-state index in [9.17, 15) is 9.59 Å². The van der Waals surface area contributed by atoms with Crippen LogP contribution in [0.1, 0.15) is 24.0 Å². The van der Waals surface area contributed by atoms with Gasteiger partial charge >= 0.3 is 16.0 Å². The third-order valence-corrected chi connectivity index (χ3v) is 5.03. The first-order valence-corrected chi connectivity index (χ1v) is 11.1. The molecule has 0 unspecified atom stereocenters. The van der Waals surface area contributed by atoms with Gasteiger partial charge in [0.2, 0.25) is 0 Å². The minimum atomic E-state index is -2.25. The number of benzene rings is 2. The fourth-order valence-electron chi connectivity index (χ4n) is 3.20. The number of hydroxylamine groups is 2. The van der Waals surface area contributed by atoms with Crippen LogP contribution in [0.25, 0.3) is 0 Å². The van der Waals surface area contributed by atoms with Crippen LogP contribution >= 0.6 is 34.8 Å². The highest BCUT2D eigenvalue weighted by Crippen LogP contribution is 2.29. The van der Waals surface area contributed by atoms with Crippen LogP contribution in [0.3, 0.4) is 0 Å². The van der Waals surface area contributed by atoms with E-state index in [1.165, 1.54) is 0 Å². The van der Waals surface area contributed by atoms with Crippen molar-refractivity contribution >= 4 is 46.9 Å². The van der Waals surface area contributed by atoms with Gasteiger partial charge in [0.15, 0.2) is 0 Å². The van der Waals surface area contributed by atoms with E-state index >= 15 is 0 Å². The Morgan fingerprint density at radius 3 is 2.36 bits per heavy atom. The van der Waals surface area contributed by atoms with Gasteiger partial charge in [-0.25, -0.2) is 9.59 Å². The maximum absolute atomic E-state index is 12.6. The average Bonchev–Trinajstić information content (AvgIpc) is 2.79. The van der Waals surface area contributed by atoms with Crippen molar-refractivity contribution in [3.8, 4) is 11.8 Å². The monoisotopic (exact) mass is 511 g/mol. The number of esters is 1. The molecule has 11 heteroatoms. The number of nitrogens with one attached hydrogen (secondary N) is 1. The van der Waals surface area contributed by atoms with Crippen molar-refractivity contribution in [1.29, 1.82) is 5.26 Å². The van der Waals surface area contributed by atoms with Crippen molar-refractivity contribution in [3.05, 3.63) is 65.7 Å². The Morgan fingerprint density at radius 1 is 1.09 bits per heavy atom. The highest BCUT2D eigenvalue weighted by molar-refractivity contribution is 6.66. The molecule has 0 bridgehead atoms. The maximum Gasteiger partial charge on any atom is 0.437 e. The first-order valence-electron chi connectivity index (χ1n) is 9.96. The van der Waals surface area contributed by atoms with Gasteiger partial charge in [0.25, 0.3) is 0 Å². The van der Waals surface area contributed by atoms with Gasteiger partial charge in [-0.15, -0.1) is 0 Å². The zero-order valence-corrected chi connectivity index (χ0v) is 19.5. The summed E-state index contributed by atoms with van der Waals surface area (Å²) >= 11 is 16.8. The van der Waals surface area contributed by atoms with Gasteiger partial charge in [-0.3, -0.25) is 4.84 Å². The van der Waals surface area contributed by atoms with E-state index in [-0.39, 0.29) is 13.2 Å². The molecule has 174 valence electrons. The number of piperidine rings is 1. The molecule has 0 aromatic heterocycles. The quantitative estimate of drug-likeness (QED) is 0.263. The summed E-state index contributed by atoms with van der Waals surface area (Å²) in [6.45, 7) is 0.313. The van der Waals surface area contributed by atoms with Gasteiger partial charge in [0, 0.05) is 6.54 Å². The minimum absolute atomic E-state index is 0.0937. The second-order valence-corrected chi connectivity index (χ2v) is 9.33. The van der Waals surface area contributed by atoms with Gasteiger partial charge in [-0.1, -0.05) is 30.3 Å². The molecule has 8 nitrogen and oxygen atoms in total. The normalized spacial score (nSPS) is 18.1. The lowest BCUT2D eigenvalue weighted by molar-refractivity contribution is -0.176. The molecule has 33 heavy (non-hydrogen) atoms. The van der Waals surface area contributed by atoms with Crippen LogP contribution in [0.4, 0.5) is 4.79 Å². The fraction of sp³-hybridized carbons (Fsp3) is 0.318. The van der Waals surface area contributed by atoms with Crippen molar-refractivity contribution in [2.45, 2.75) is 35.5 Å². The highest BCUT2D eigenvalue weighted by atomic mass is 35.6. The van der Waals surface area contributed by atoms with Crippen LogP contribution in [0.15, 0.2) is 54.6 Å². The average molecular weight is 513 g/mol. The van der Waals surface area contributed by atoms with Crippen molar-refractivity contribution in [3.63, 3.8) is 0 Å². The number of nitriles is 1. The smallest absolute Gasteiger partial charge is 0.425 e. The van der Waals surface area contributed by atoms with E-state index in [0.29, 0.717) is 24.2 Å². The molecule has 1 fully saturated rings. The summed E-state index contributed by atoms with van der Waals surface area (Å²) < 4.78 is 7.95. The molecule has 3 rings (SSSR count). The van der Waals surface area contributed by atoms with Crippen molar-refractivity contribution in [1.82, 2.24) is 10.4 Å². The number of nitrogens with zero attached hydrogens (tertiary/aromatic N) is 2. The second-order valence-electron chi connectivity index (χ2n) is 7.15. The van der Waals surface area contributed by atoms with Gasteiger partial charge in [-0.05, 0) is 77.5 Å². The molecule has 2 atom stereocenters. The third kappa shape index (κ3) is 7.77. The van der Waals surface area contributed by atoms with Crippen molar-refractivity contribution in [2.75, 3.05) is 6.54 Å². The zero-order valence-electron chi connectivity index (χ0n) is 17.2. The van der Waals surface area contributed by atoms with E-state index in [1.807, 2.05) is 36.4 Å². The molecule has 0 spiro atoms. The molecule has 2 aromatic carbocycles. The van der Waals surface area contributed by atoms with Crippen LogP contribution in [-0.4, -0.2) is 39.7 Å². The predicted molar refractivity (Wildman–Crippen MR) is 121 cm³/mol. The number of halogens is 3. The van der Waals surface area contributed by atoms with E-state index in [2.05, 4.69) is 5.32 Å². The molecule has 1 heterocycles. The van der Waals surface area contributed by atoms with Gasteiger partial charge in [-0.2, -0.15) is 10.3 Å². The lowest BCUT2D eigenvalue weighted by Gasteiger charge is -2.35. The number of rotatable bonds is 6. The summed E-state index contributed by atoms with van der Waals surface area (Å²) in [5.41, 5.74) is 1.29. The number of amides is 1. The first-order chi connectivity index (χ1) is 15.7. The Morgan fingerprint density at radius 2 is 1.79 bits per heavy atom. The molecule has 1 N–H and O–H groups in total. The highest BCUT2D eigenvalue weighted by Gasteiger charge is 2.37. The first kappa shape index (κ1) is 25.1. The molecule has 1 aliphatic rings. The summed E-state index contributed by atoms with van der Waals surface area (Å²) in [7, 11) is 0. The van der Waals surface area contributed by atoms with E-state index in [4.69, 9.17) is 54.4 Å². The van der Waals surface area contributed by atoms with Crippen LogP contribution in [0.5, 0.6) is 5.75 Å². The standard InChI is InChI=1S/C22H20Cl3N3O5/c23-22(24,25)33-21(30)28(31-14-16-4-2-1-3-5-16)17-8-11-19(27-13-17)20(29)32-18-9-6-15(12-26)7-10-18/h1-7,9-10,17,19,27H,8,11,13-14H2/t17-,19+/m1/s1. The van der Waals surface area contributed by atoms with E-state index in [0.717, 1.165) is 10.6 Å². The largest absolute Gasteiger partial charge is 0.437 e. The van der Waals surface area contributed by atoms with Gasteiger partial charge in [0.05, 0.1) is 17.7 Å². The minimum Gasteiger partial charge on any atom is -0.425 e. The topological polar surface area (TPSA) is 101 Å². The molecule has 2 aromatic rings. The SMILES string of the molecule is N#Cc1ccc(OC(=O)[C@@H]2CC[C@@H](N(OCc3ccccc3)C(=O)OC(Cl)(Cl)Cl)CN2)cc1. The molecular formula is C22H20Cl3N3O5. The Kier molecular flexibility index (Phi) is 8.78. The predicted octanol–water partition coefficient (Wildman–Crippen LogP) is 4.48. The van der Waals surface area contributed by atoms with E-state index < -0.39 is 28.1 Å². The Hall–Kier alpha value is -2.54. The number of ether oxygens (including phenoxy) is 2. The molecule has 1 amide bonds. The van der Waals surface area contributed by atoms with Crippen LogP contribution < -0.4 is 10.1 Å². The number of alkyl halides is 3. The Labute approximate surface area is 205 Å². The van der Waals surface area contributed by atoms with E-state index in [1.54, 1.807) is 24.3 Å². The lowest BCUT2D eigenvalue weighted by atomic mass is 10.0. The maximum atomic E-state index is 12.6. The number of carbonyl (C=O) groups is 2. The number of hydrogen-bond donors (Lipinski definition) is 1. The van der Waals surface area contributed by atoms with Gasteiger partial charge in [0.1, 0.15) is 18.4 Å². The zero-order chi connectivity index (χ0) is 23.8. The summed E-state index contributed by atoms with van der Waals surface area (Å²) in [6, 6.07) is 16.4. The summed E-state index contributed by atoms with van der Waals surface area (Å²) in [5.74, 6) is -0.138. The van der Waals surface area contributed by atoms with Crippen LogP contribution in [0.2, 0.25) is 0 Å². The second kappa shape index (κ2) is 11.5. The molecule has 0 saturated carbocycles. The van der Waals surface area contributed by atoms with Crippen LogP contribution in [0, 0.1) is 11.3 Å². The molecule has 1 saturated heterocycles. The molecular weight excluding hydrogens is 493 g/mol. The fourth-order valence-corrected chi connectivity index (χ4v) is 3.40. The molecule has 1 aliphatic heterocycles. The van der Waals surface area contributed by atoms with Crippen molar-refractivity contribution in [2.24, 2.45) is 0 Å². The van der Waals surface area contributed by atoms with Crippen LogP contribution in [-0.2, 0) is 21.0 Å². The molecule has 0 aliphatic carbocycles. The summed E-state index contributed by atoms with van der Waals surface area (Å²) in [5, 5.41) is 12.9. The van der Waals surface area contributed by atoms with Crippen molar-refractivity contribution < 1.29 is 23.9 Å². The molecule has 0 radical (unpaired) electrons. The third-order valence-electron chi connectivity index (χ3n) is 4.80. The number of carbonyl (C=O) groups excluding carboxylic acids is 2. The lowest BCUT2D eigenvalue weighted by Crippen LogP contribution is -2.54. The van der Waals surface area contributed by atoms with Gasteiger partial charge < -0.3 is 14.8 Å². The summed E-state index contributed by atoms with van der Waals surface area (Å²) in [6.07, 6.45) is -0.188. The Bertz CT molecular complexity index is 985. The Balaban J connectivity index is 1.59.